The number of anilines is 1. The van der Waals surface area contributed by atoms with Gasteiger partial charge in [0.1, 0.15) is 0 Å². The predicted octanol–water partition coefficient (Wildman–Crippen LogP) is 5.12. The van der Waals surface area contributed by atoms with Crippen molar-refractivity contribution >= 4 is 49.4 Å². The number of ether oxygens (including phenoxy) is 1. The summed E-state index contributed by atoms with van der Waals surface area (Å²) in [6.45, 7) is 5.45. The van der Waals surface area contributed by atoms with Crippen LogP contribution in [0.2, 0.25) is 0 Å². The highest BCUT2D eigenvalue weighted by atomic mass is 79.9. The quantitative estimate of drug-likeness (QED) is 0.474. The van der Waals surface area contributed by atoms with E-state index in [9.17, 15) is 9.59 Å². The molecule has 3 aromatic rings. The van der Waals surface area contributed by atoms with E-state index in [4.69, 9.17) is 4.74 Å². The van der Waals surface area contributed by atoms with Crippen LogP contribution >= 0.6 is 31.9 Å². The monoisotopic (exact) mass is 519 g/mol. The van der Waals surface area contributed by atoms with Gasteiger partial charge in [0.25, 0.3) is 5.91 Å². The van der Waals surface area contributed by atoms with Gasteiger partial charge in [-0.1, -0.05) is 0 Å². The number of benzene rings is 2. The molecule has 0 radical (unpaired) electrons. The number of nitrogens with zero attached hydrogens (tertiary/aromatic N) is 2. The summed E-state index contributed by atoms with van der Waals surface area (Å²) < 4.78 is 8.41. The van der Waals surface area contributed by atoms with Crippen molar-refractivity contribution in [3.8, 4) is 5.69 Å². The number of esters is 1. The maximum absolute atomic E-state index is 12.3. The van der Waals surface area contributed by atoms with E-state index in [1.54, 1.807) is 28.9 Å². The maximum Gasteiger partial charge on any atom is 0.338 e. The Hall–Kier alpha value is -2.45. The molecule has 29 heavy (non-hydrogen) atoms. The van der Waals surface area contributed by atoms with Gasteiger partial charge >= 0.3 is 5.97 Å². The summed E-state index contributed by atoms with van der Waals surface area (Å²) in [6, 6.07) is 12.6. The number of halogens is 2. The van der Waals surface area contributed by atoms with Crippen LogP contribution in [0.3, 0.4) is 0 Å². The molecular weight excluding hydrogens is 502 g/mol. The molecule has 0 aliphatic carbocycles. The molecule has 0 bridgehead atoms. The van der Waals surface area contributed by atoms with Crippen LogP contribution in [0.1, 0.15) is 27.3 Å². The van der Waals surface area contributed by atoms with Crippen LogP contribution in [0.15, 0.2) is 51.4 Å². The molecule has 1 amide bonds. The van der Waals surface area contributed by atoms with Gasteiger partial charge in [0.05, 0.1) is 22.6 Å². The molecule has 3 rings (SSSR count). The molecule has 2 aromatic carbocycles. The largest absolute Gasteiger partial charge is 0.452 e. The van der Waals surface area contributed by atoms with E-state index in [0.29, 0.717) is 11.3 Å². The maximum atomic E-state index is 12.3. The molecule has 0 saturated carbocycles. The average molecular weight is 521 g/mol. The van der Waals surface area contributed by atoms with E-state index >= 15 is 0 Å². The third-order valence-corrected chi connectivity index (χ3v) is 5.39. The minimum absolute atomic E-state index is 0.362. The lowest BCUT2D eigenvalue weighted by molar-refractivity contribution is -0.119. The number of carbonyl (C=O) groups is 2. The summed E-state index contributed by atoms with van der Waals surface area (Å²) in [5, 5.41) is 7.14. The highest BCUT2D eigenvalue weighted by Gasteiger charge is 2.14. The third kappa shape index (κ3) is 5.13. The first kappa shape index (κ1) is 21.3. The van der Waals surface area contributed by atoms with Crippen LogP contribution in [-0.4, -0.2) is 28.3 Å². The summed E-state index contributed by atoms with van der Waals surface area (Å²) in [7, 11) is 0. The first-order valence-corrected chi connectivity index (χ1v) is 10.4. The third-order valence-electron chi connectivity index (χ3n) is 4.14. The summed E-state index contributed by atoms with van der Waals surface area (Å²) in [5.41, 5.74) is 4.76. The van der Waals surface area contributed by atoms with Crippen LogP contribution in [0.25, 0.3) is 5.69 Å². The molecule has 6 nitrogen and oxygen atoms in total. The van der Waals surface area contributed by atoms with E-state index in [1.807, 2.05) is 39.0 Å². The van der Waals surface area contributed by atoms with Crippen molar-refractivity contribution in [3.63, 3.8) is 0 Å². The molecule has 0 spiro atoms. The molecule has 1 heterocycles. The number of aryl methyl sites for hydroxylation is 3. The Morgan fingerprint density at radius 2 is 1.66 bits per heavy atom. The van der Waals surface area contributed by atoms with E-state index in [-0.39, 0.29) is 6.61 Å². The van der Waals surface area contributed by atoms with Crippen LogP contribution < -0.4 is 5.32 Å². The first-order chi connectivity index (χ1) is 13.7. The Balaban J connectivity index is 1.61. The molecule has 0 saturated heterocycles. The zero-order valence-corrected chi connectivity index (χ0v) is 19.3. The standard InChI is InChI=1S/C21H19Br2N3O3/c1-12-8-17(22)20(18(23)9-12)24-19(27)11-29-21(28)15-4-6-16(7-5-15)26-14(3)10-13(2)25-26/h4-10H,11H2,1-3H3,(H,24,27). The van der Waals surface area contributed by atoms with E-state index in [0.717, 1.165) is 31.6 Å². The Kier molecular flexibility index (Phi) is 6.54. The lowest BCUT2D eigenvalue weighted by atomic mass is 10.2. The fourth-order valence-corrected chi connectivity index (χ4v) is 4.45. The van der Waals surface area contributed by atoms with Crippen LogP contribution in [-0.2, 0) is 9.53 Å². The molecule has 0 fully saturated rings. The van der Waals surface area contributed by atoms with E-state index in [1.165, 1.54) is 0 Å². The van der Waals surface area contributed by atoms with Crippen molar-refractivity contribution in [3.05, 3.63) is 73.9 Å². The lowest BCUT2D eigenvalue weighted by Gasteiger charge is -2.11. The highest BCUT2D eigenvalue weighted by Crippen LogP contribution is 2.32. The van der Waals surface area contributed by atoms with Crippen molar-refractivity contribution in [1.82, 2.24) is 9.78 Å². The smallest absolute Gasteiger partial charge is 0.338 e. The molecule has 1 N–H and O–H groups in total. The van der Waals surface area contributed by atoms with Crippen LogP contribution in [0.4, 0.5) is 5.69 Å². The summed E-state index contributed by atoms with van der Waals surface area (Å²) in [5.74, 6) is -0.995. The zero-order chi connectivity index (χ0) is 21.1. The number of carbonyl (C=O) groups excluding carboxylic acids is 2. The predicted molar refractivity (Wildman–Crippen MR) is 119 cm³/mol. The molecular formula is C21H19Br2N3O3. The zero-order valence-electron chi connectivity index (χ0n) is 16.1. The van der Waals surface area contributed by atoms with Gasteiger partial charge in [-0.05, 0) is 101 Å². The van der Waals surface area contributed by atoms with Crippen molar-refractivity contribution < 1.29 is 14.3 Å². The van der Waals surface area contributed by atoms with Gasteiger partial charge in [-0.15, -0.1) is 0 Å². The van der Waals surface area contributed by atoms with Crippen molar-refractivity contribution in [2.75, 3.05) is 11.9 Å². The van der Waals surface area contributed by atoms with Gasteiger partial charge in [-0.25, -0.2) is 9.48 Å². The number of amides is 1. The first-order valence-electron chi connectivity index (χ1n) is 8.81. The number of nitrogens with one attached hydrogen (secondary N) is 1. The van der Waals surface area contributed by atoms with E-state index in [2.05, 4.69) is 42.3 Å². The second-order valence-corrected chi connectivity index (χ2v) is 8.32. The lowest BCUT2D eigenvalue weighted by Crippen LogP contribution is -2.21. The molecule has 1 aromatic heterocycles. The second-order valence-electron chi connectivity index (χ2n) is 6.61. The van der Waals surface area contributed by atoms with E-state index < -0.39 is 11.9 Å². The number of aromatic nitrogens is 2. The Morgan fingerprint density at radius 1 is 1.03 bits per heavy atom. The molecule has 0 aliphatic heterocycles. The highest BCUT2D eigenvalue weighted by molar-refractivity contribution is 9.11. The fraction of sp³-hybridized carbons (Fsp3) is 0.190. The number of hydrogen-bond donors (Lipinski definition) is 1. The van der Waals surface area contributed by atoms with Crippen LogP contribution in [0, 0.1) is 20.8 Å². The van der Waals surface area contributed by atoms with Gasteiger partial charge in [-0.3, -0.25) is 4.79 Å². The molecule has 0 atom stereocenters. The molecule has 0 unspecified atom stereocenters. The average Bonchev–Trinajstić information content (AvgIpc) is 3.01. The molecule has 150 valence electrons. The number of rotatable bonds is 5. The Bertz CT molecular complexity index is 1050. The summed E-state index contributed by atoms with van der Waals surface area (Å²) in [6.07, 6.45) is 0. The minimum Gasteiger partial charge on any atom is -0.452 e. The normalized spacial score (nSPS) is 10.7. The van der Waals surface area contributed by atoms with Gasteiger partial charge in [-0.2, -0.15) is 5.10 Å². The molecule has 0 aliphatic rings. The van der Waals surface area contributed by atoms with Gasteiger partial charge in [0, 0.05) is 14.6 Å². The Morgan fingerprint density at radius 3 is 2.21 bits per heavy atom. The topological polar surface area (TPSA) is 73.2 Å². The summed E-state index contributed by atoms with van der Waals surface area (Å²) in [4.78, 5) is 24.4. The number of hydrogen-bond acceptors (Lipinski definition) is 4. The van der Waals surface area contributed by atoms with Crippen molar-refractivity contribution in [2.45, 2.75) is 20.8 Å². The Labute approximate surface area is 185 Å². The van der Waals surface area contributed by atoms with Gasteiger partial charge in [0.2, 0.25) is 0 Å². The van der Waals surface area contributed by atoms with Gasteiger partial charge in [0.15, 0.2) is 6.61 Å². The molecule has 8 heteroatoms. The second kappa shape index (κ2) is 8.92. The van der Waals surface area contributed by atoms with Crippen molar-refractivity contribution in [1.29, 1.82) is 0 Å². The van der Waals surface area contributed by atoms with Crippen molar-refractivity contribution in [2.24, 2.45) is 0 Å². The SMILES string of the molecule is Cc1cc(Br)c(NC(=O)COC(=O)c2ccc(-n3nc(C)cc3C)cc2)c(Br)c1. The minimum atomic E-state index is -0.567. The fourth-order valence-electron chi connectivity index (χ4n) is 2.84. The van der Waals surface area contributed by atoms with Gasteiger partial charge < -0.3 is 10.1 Å². The summed E-state index contributed by atoms with van der Waals surface area (Å²) >= 11 is 6.83. The van der Waals surface area contributed by atoms with Crippen LogP contribution in [0.5, 0.6) is 0 Å².